The molecule has 2 atom stereocenters. The van der Waals surface area contributed by atoms with Crippen LogP contribution in [0.4, 0.5) is 0 Å². The van der Waals surface area contributed by atoms with E-state index in [0.29, 0.717) is 25.4 Å². The quantitative estimate of drug-likeness (QED) is 0.286. The molecule has 1 rings (SSSR count). The minimum absolute atomic E-state index is 0.119. The van der Waals surface area contributed by atoms with Crippen LogP contribution in [0.15, 0.2) is 5.16 Å². The highest BCUT2D eigenvalue weighted by atomic mass is 32.2. The molecule has 0 aliphatic carbocycles. The van der Waals surface area contributed by atoms with Gasteiger partial charge in [0.1, 0.15) is 0 Å². The number of oxime groups is 1. The van der Waals surface area contributed by atoms with Crippen molar-refractivity contribution >= 4 is 16.0 Å². The van der Waals surface area contributed by atoms with E-state index in [1.807, 2.05) is 6.92 Å². The van der Waals surface area contributed by atoms with E-state index >= 15 is 0 Å². The molecule has 1 fully saturated rings. The highest BCUT2D eigenvalue weighted by Crippen LogP contribution is 2.18. The van der Waals surface area contributed by atoms with Crippen LogP contribution in [0.3, 0.4) is 0 Å². The highest BCUT2D eigenvalue weighted by Gasteiger charge is 2.29. The largest absolute Gasteiger partial charge is 0.409 e. The number of amidine groups is 1. The Morgan fingerprint density at radius 1 is 1.67 bits per heavy atom. The van der Waals surface area contributed by atoms with E-state index < -0.39 is 16.3 Å². The Bertz CT molecular complexity index is 396. The molecule has 0 radical (unpaired) electrons. The Kier molecular flexibility index (Phi) is 5.36. The third-order valence-corrected chi connectivity index (χ3v) is 4.73. The predicted molar refractivity (Wildman–Crippen MR) is 69.5 cm³/mol. The summed E-state index contributed by atoms with van der Waals surface area (Å²) in [5.41, 5.74) is 5.45. The van der Waals surface area contributed by atoms with Gasteiger partial charge in [-0.25, -0.2) is 0 Å². The first-order valence-electron chi connectivity index (χ1n) is 6.15. The normalized spacial score (nSPS) is 25.0. The van der Waals surface area contributed by atoms with Crippen molar-refractivity contribution in [1.82, 2.24) is 9.03 Å². The monoisotopic (exact) mass is 278 g/mol. The highest BCUT2D eigenvalue weighted by molar-refractivity contribution is 7.87. The first kappa shape index (κ1) is 15.2. The summed E-state index contributed by atoms with van der Waals surface area (Å²) in [7, 11) is -3.57. The van der Waals surface area contributed by atoms with E-state index in [0.717, 1.165) is 12.8 Å². The van der Waals surface area contributed by atoms with Gasteiger partial charge in [-0.05, 0) is 25.2 Å². The summed E-state index contributed by atoms with van der Waals surface area (Å²) in [6.45, 7) is 4.83. The third-order valence-electron chi connectivity index (χ3n) is 3.13. The fraction of sp³-hybridized carbons (Fsp3) is 0.900. The molecule has 0 amide bonds. The molecule has 0 saturated carbocycles. The third kappa shape index (κ3) is 3.82. The molecule has 0 spiro atoms. The Balaban J connectivity index is 2.74. The van der Waals surface area contributed by atoms with Crippen LogP contribution < -0.4 is 10.5 Å². The number of nitrogens with zero attached hydrogens (tertiary/aromatic N) is 2. The summed E-state index contributed by atoms with van der Waals surface area (Å²) in [4.78, 5) is 0. The molecule has 0 aromatic carbocycles. The van der Waals surface area contributed by atoms with Crippen molar-refractivity contribution in [2.45, 2.75) is 39.2 Å². The summed E-state index contributed by atoms with van der Waals surface area (Å²) < 4.78 is 28.2. The van der Waals surface area contributed by atoms with Crippen LogP contribution in [-0.2, 0) is 10.2 Å². The van der Waals surface area contributed by atoms with Gasteiger partial charge in [-0.2, -0.15) is 17.4 Å². The molecule has 18 heavy (non-hydrogen) atoms. The second-order valence-electron chi connectivity index (χ2n) is 4.71. The molecule has 1 aliphatic rings. The molecule has 1 aliphatic heterocycles. The van der Waals surface area contributed by atoms with Crippen molar-refractivity contribution in [3.05, 3.63) is 0 Å². The van der Waals surface area contributed by atoms with Crippen LogP contribution in [0.2, 0.25) is 0 Å². The second-order valence-corrected chi connectivity index (χ2v) is 6.42. The number of hydrogen-bond acceptors (Lipinski definition) is 4. The maximum atomic E-state index is 12.1. The maximum Gasteiger partial charge on any atom is 0.280 e. The fourth-order valence-electron chi connectivity index (χ4n) is 2.04. The summed E-state index contributed by atoms with van der Waals surface area (Å²) >= 11 is 0. The van der Waals surface area contributed by atoms with E-state index in [2.05, 4.69) is 9.88 Å². The molecule has 8 heteroatoms. The number of rotatable bonds is 5. The Morgan fingerprint density at radius 3 is 2.83 bits per heavy atom. The molecular formula is C10H22N4O3S. The number of hydrogen-bond donors (Lipinski definition) is 3. The zero-order valence-electron chi connectivity index (χ0n) is 10.8. The molecule has 106 valence electrons. The van der Waals surface area contributed by atoms with Gasteiger partial charge in [0, 0.05) is 13.1 Å². The van der Waals surface area contributed by atoms with Gasteiger partial charge >= 0.3 is 0 Å². The van der Waals surface area contributed by atoms with E-state index in [1.54, 1.807) is 6.92 Å². The van der Waals surface area contributed by atoms with Crippen molar-refractivity contribution in [2.24, 2.45) is 16.8 Å². The molecule has 0 bridgehead atoms. The molecule has 7 nitrogen and oxygen atoms in total. The molecule has 0 aromatic rings. The first-order valence-corrected chi connectivity index (χ1v) is 7.59. The summed E-state index contributed by atoms with van der Waals surface area (Å²) in [5.74, 6) is 0.241. The smallest absolute Gasteiger partial charge is 0.280 e. The Hall–Kier alpha value is -0.860. The molecule has 2 unspecified atom stereocenters. The Morgan fingerprint density at radius 2 is 2.33 bits per heavy atom. The van der Waals surface area contributed by atoms with Crippen LogP contribution in [0, 0.1) is 5.92 Å². The first-order chi connectivity index (χ1) is 8.40. The van der Waals surface area contributed by atoms with E-state index in [-0.39, 0.29) is 5.84 Å². The molecular weight excluding hydrogens is 256 g/mol. The van der Waals surface area contributed by atoms with Crippen LogP contribution >= 0.6 is 0 Å². The van der Waals surface area contributed by atoms with Crippen LogP contribution in [0.25, 0.3) is 0 Å². The van der Waals surface area contributed by atoms with Crippen molar-refractivity contribution in [3.63, 3.8) is 0 Å². The van der Waals surface area contributed by atoms with Gasteiger partial charge in [-0.1, -0.05) is 19.0 Å². The van der Waals surface area contributed by atoms with Gasteiger partial charge < -0.3 is 10.9 Å². The Labute approximate surface area is 108 Å². The zero-order chi connectivity index (χ0) is 13.8. The molecule has 4 N–H and O–H groups in total. The lowest BCUT2D eigenvalue weighted by molar-refractivity contribution is 0.277. The average Bonchev–Trinajstić information content (AvgIpc) is 2.35. The molecule has 0 aromatic heterocycles. The van der Waals surface area contributed by atoms with Crippen molar-refractivity contribution in [2.75, 3.05) is 13.1 Å². The zero-order valence-corrected chi connectivity index (χ0v) is 11.7. The van der Waals surface area contributed by atoms with Crippen molar-refractivity contribution < 1.29 is 13.6 Å². The van der Waals surface area contributed by atoms with Gasteiger partial charge in [-0.3, -0.25) is 0 Å². The topological polar surface area (TPSA) is 108 Å². The van der Waals surface area contributed by atoms with Crippen molar-refractivity contribution in [3.8, 4) is 0 Å². The van der Waals surface area contributed by atoms with Gasteiger partial charge in [0.15, 0.2) is 5.84 Å². The standard InChI is InChI=1S/C10H22N4O3S/c1-3-9(10(11)12-15)13-18(16,17)14-6-4-5-8(2)7-14/h8-9,13,15H,3-7H2,1-2H3,(H2,11,12). The van der Waals surface area contributed by atoms with Gasteiger partial charge in [-0.15, -0.1) is 0 Å². The molecule has 1 saturated heterocycles. The van der Waals surface area contributed by atoms with Crippen LogP contribution in [0.5, 0.6) is 0 Å². The minimum Gasteiger partial charge on any atom is -0.409 e. The predicted octanol–water partition coefficient (Wildman–Crippen LogP) is 0.0777. The van der Waals surface area contributed by atoms with E-state index in [1.165, 1.54) is 4.31 Å². The van der Waals surface area contributed by atoms with Crippen LogP contribution in [-0.4, -0.2) is 42.9 Å². The summed E-state index contributed by atoms with van der Waals surface area (Å²) in [5, 5.41) is 11.5. The lowest BCUT2D eigenvalue weighted by Crippen LogP contribution is -2.52. The van der Waals surface area contributed by atoms with Crippen molar-refractivity contribution in [1.29, 1.82) is 0 Å². The van der Waals surface area contributed by atoms with Gasteiger partial charge in [0.25, 0.3) is 10.2 Å². The van der Waals surface area contributed by atoms with Crippen LogP contribution in [0.1, 0.15) is 33.1 Å². The number of piperidine rings is 1. The lowest BCUT2D eigenvalue weighted by atomic mass is 10.0. The summed E-state index contributed by atoms with van der Waals surface area (Å²) in [6.07, 6.45) is 2.34. The minimum atomic E-state index is -3.57. The molecule has 1 heterocycles. The lowest BCUT2D eigenvalue weighted by Gasteiger charge is -2.31. The average molecular weight is 278 g/mol. The summed E-state index contributed by atoms with van der Waals surface area (Å²) in [6, 6.07) is -0.669. The van der Waals surface area contributed by atoms with Gasteiger partial charge in [0.05, 0.1) is 6.04 Å². The second kappa shape index (κ2) is 6.35. The van der Waals surface area contributed by atoms with E-state index in [9.17, 15) is 8.42 Å². The maximum absolute atomic E-state index is 12.1. The fourth-order valence-corrected chi connectivity index (χ4v) is 3.66. The number of nitrogens with one attached hydrogen (secondary N) is 1. The van der Waals surface area contributed by atoms with Gasteiger partial charge in [0.2, 0.25) is 0 Å². The SMILES string of the molecule is CCC(NS(=O)(=O)N1CCCC(C)C1)/C(N)=N/O. The van der Waals surface area contributed by atoms with E-state index in [4.69, 9.17) is 10.9 Å². The number of nitrogens with two attached hydrogens (primary N) is 1.